The van der Waals surface area contributed by atoms with Crippen LogP contribution in [-0.4, -0.2) is 24.0 Å². The van der Waals surface area contributed by atoms with Gasteiger partial charge >= 0.3 is 0 Å². The van der Waals surface area contributed by atoms with Crippen molar-refractivity contribution in [3.8, 4) is 0 Å². The highest BCUT2D eigenvalue weighted by molar-refractivity contribution is 5.08. The molecule has 1 aliphatic heterocycles. The third kappa shape index (κ3) is 3.64. The predicted octanol–water partition coefficient (Wildman–Crippen LogP) is 3.40. The van der Waals surface area contributed by atoms with Crippen LogP contribution < -0.4 is 5.32 Å². The molecule has 0 bridgehead atoms. The van der Waals surface area contributed by atoms with Crippen molar-refractivity contribution in [1.82, 2.24) is 10.2 Å². The molecular formula is C17H28N2O. The van der Waals surface area contributed by atoms with Crippen LogP contribution in [-0.2, 0) is 13.1 Å². The van der Waals surface area contributed by atoms with Crippen molar-refractivity contribution in [2.75, 3.05) is 13.1 Å². The highest BCUT2D eigenvalue weighted by Crippen LogP contribution is 2.34. The third-order valence-corrected chi connectivity index (χ3v) is 4.74. The third-order valence-electron chi connectivity index (χ3n) is 4.74. The Morgan fingerprint density at radius 2 is 1.95 bits per heavy atom. The Balaban J connectivity index is 1.48. The molecule has 1 aromatic heterocycles. The zero-order chi connectivity index (χ0) is 14.2. The van der Waals surface area contributed by atoms with Gasteiger partial charge in [0.05, 0.1) is 13.1 Å². The fourth-order valence-corrected chi connectivity index (χ4v) is 3.04. The number of nitrogens with zero attached hydrogens (tertiary/aromatic N) is 1. The lowest BCUT2D eigenvalue weighted by atomic mass is 9.80. The molecule has 1 atom stereocenters. The minimum atomic E-state index is 0.428. The summed E-state index contributed by atoms with van der Waals surface area (Å²) in [7, 11) is 0. The maximum absolute atomic E-state index is 5.94. The molecule has 20 heavy (non-hydrogen) atoms. The molecule has 1 N–H and O–H groups in total. The molecule has 2 heterocycles. The minimum Gasteiger partial charge on any atom is -0.463 e. The summed E-state index contributed by atoms with van der Waals surface area (Å²) in [6, 6.07) is 5.02. The molecule has 3 rings (SSSR count). The first kappa shape index (κ1) is 14.2. The van der Waals surface area contributed by atoms with E-state index in [9.17, 15) is 0 Å². The van der Waals surface area contributed by atoms with Crippen LogP contribution in [0.4, 0.5) is 0 Å². The quantitative estimate of drug-likeness (QED) is 0.893. The van der Waals surface area contributed by atoms with Crippen LogP contribution in [0.25, 0.3) is 0 Å². The van der Waals surface area contributed by atoms with Gasteiger partial charge in [0.1, 0.15) is 11.5 Å². The number of rotatable bonds is 5. The lowest BCUT2D eigenvalue weighted by molar-refractivity contribution is 0.218. The summed E-state index contributed by atoms with van der Waals surface area (Å²) in [5.41, 5.74) is 0.428. The standard InChI is InChI=1S/C17H28N2O/c1-17(2,3)13-8-9-19(11-13)12-16-7-6-15(20-16)10-18-14-4-5-14/h6-7,13-14,18H,4-5,8-12H2,1-3H3. The smallest absolute Gasteiger partial charge is 0.118 e. The van der Waals surface area contributed by atoms with Gasteiger partial charge in [-0.25, -0.2) is 0 Å². The number of hydrogen-bond donors (Lipinski definition) is 1. The van der Waals surface area contributed by atoms with Crippen molar-refractivity contribution in [2.24, 2.45) is 11.3 Å². The number of likely N-dealkylation sites (tertiary alicyclic amines) is 1. The lowest BCUT2D eigenvalue weighted by Gasteiger charge is -2.26. The van der Waals surface area contributed by atoms with E-state index in [2.05, 4.69) is 43.1 Å². The summed E-state index contributed by atoms with van der Waals surface area (Å²) < 4.78 is 5.94. The highest BCUT2D eigenvalue weighted by atomic mass is 16.3. The Bertz CT molecular complexity index is 442. The molecule has 0 amide bonds. The largest absolute Gasteiger partial charge is 0.463 e. The highest BCUT2D eigenvalue weighted by Gasteiger charge is 2.31. The first-order chi connectivity index (χ1) is 9.50. The van der Waals surface area contributed by atoms with Crippen LogP contribution in [0, 0.1) is 11.3 Å². The van der Waals surface area contributed by atoms with Gasteiger partial charge in [0.25, 0.3) is 0 Å². The number of furan rings is 1. The van der Waals surface area contributed by atoms with Gasteiger partial charge in [-0.1, -0.05) is 20.8 Å². The summed E-state index contributed by atoms with van der Waals surface area (Å²) in [6.07, 6.45) is 3.98. The van der Waals surface area contributed by atoms with Crippen LogP contribution in [0.3, 0.4) is 0 Å². The van der Waals surface area contributed by atoms with Gasteiger partial charge in [-0.3, -0.25) is 4.90 Å². The van der Waals surface area contributed by atoms with Gasteiger partial charge in [-0.15, -0.1) is 0 Å². The second kappa shape index (κ2) is 5.53. The second-order valence-corrected chi connectivity index (χ2v) is 7.61. The average molecular weight is 276 g/mol. The molecule has 0 aromatic carbocycles. The van der Waals surface area contributed by atoms with Gasteiger partial charge in [-0.2, -0.15) is 0 Å². The van der Waals surface area contributed by atoms with Crippen molar-refractivity contribution in [2.45, 2.75) is 59.2 Å². The molecule has 1 unspecified atom stereocenters. The molecule has 2 fully saturated rings. The van der Waals surface area contributed by atoms with E-state index in [0.717, 1.165) is 36.6 Å². The molecule has 3 nitrogen and oxygen atoms in total. The van der Waals surface area contributed by atoms with Crippen molar-refractivity contribution in [3.05, 3.63) is 23.7 Å². The van der Waals surface area contributed by atoms with E-state index in [1.54, 1.807) is 0 Å². The van der Waals surface area contributed by atoms with Crippen LogP contribution in [0.5, 0.6) is 0 Å². The van der Waals surface area contributed by atoms with E-state index in [1.165, 1.54) is 32.4 Å². The lowest BCUT2D eigenvalue weighted by Crippen LogP contribution is -2.25. The first-order valence-corrected chi connectivity index (χ1v) is 8.04. The van der Waals surface area contributed by atoms with Crippen LogP contribution in [0.2, 0.25) is 0 Å². The van der Waals surface area contributed by atoms with Crippen LogP contribution in [0.1, 0.15) is 51.6 Å². The van der Waals surface area contributed by atoms with Gasteiger partial charge in [0, 0.05) is 12.6 Å². The van der Waals surface area contributed by atoms with E-state index in [-0.39, 0.29) is 0 Å². The molecule has 2 aliphatic rings. The zero-order valence-electron chi connectivity index (χ0n) is 13.1. The fraction of sp³-hybridized carbons (Fsp3) is 0.765. The summed E-state index contributed by atoms with van der Waals surface area (Å²) >= 11 is 0. The molecule has 0 radical (unpaired) electrons. The minimum absolute atomic E-state index is 0.428. The normalized spacial score (nSPS) is 24.4. The summed E-state index contributed by atoms with van der Waals surface area (Å²) in [6.45, 7) is 11.3. The van der Waals surface area contributed by atoms with Gasteiger partial charge < -0.3 is 9.73 Å². The predicted molar refractivity (Wildman–Crippen MR) is 81.4 cm³/mol. The molecule has 0 spiro atoms. The van der Waals surface area contributed by atoms with E-state index in [4.69, 9.17) is 4.42 Å². The monoisotopic (exact) mass is 276 g/mol. The van der Waals surface area contributed by atoms with Crippen molar-refractivity contribution in [3.63, 3.8) is 0 Å². The zero-order valence-corrected chi connectivity index (χ0v) is 13.1. The Kier molecular flexibility index (Phi) is 3.91. The second-order valence-electron chi connectivity index (χ2n) is 7.61. The Labute approximate surface area is 122 Å². The molecule has 1 aromatic rings. The number of nitrogens with one attached hydrogen (secondary N) is 1. The molecule has 1 saturated carbocycles. The van der Waals surface area contributed by atoms with Crippen molar-refractivity contribution in [1.29, 1.82) is 0 Å². The van der Waals surface area contributed by atoms with Crippen molar-refractivity contribution < 1.29 is 4.42 Å². The first-order valence-electron chi connectivity index (χ1n) is 8.04. The molecule has 112 valence electrons. The summed E-state index contributed by atoms with van der Waals surface area (Å²) in [4.78, 5) is 2.53. The Hall–Kier alpha value is -0.800. The van der Waals surface area contributed by atoms with Gasteiger partial charge in [0.15, 0.2) is 0 Å². The maximum atomic E-state index is 5.94. The maximum Gasteiger partial charge on any atom is 0.118 e. The molecule has 1 aliphatic carbocycles. The van der Waals surface area contributed by atoms with E-state index in [1.807, 2.05) is 0 Å². The van der Waals surface area contributed by atoms with Crippen LogP contribution >= 0.6 is 0 Å². The van der Waals surface area contributed by atoms with E-state index in [0.29, 0.717) is 5.41 Å². The molecular weight excluding hydrogens is 248 g/mol. The van der Waals surface area contributed by atoms with E-state index < -0.39 is 0 Å². The molecule has 3 heteroatoms. The Morgan fingerprint density at radius 1 is 1.20 bits per heavy atom. The SMILES string of the molecule is CC(C)(C)C1CCN(Cc2ccc(CNC3CC3)o2)C1. The topological polar surface area (TPSA) is 28.4 Å². The summed E-state index contributed by atoms with van der Waals surface area (Å²) in [5.74, 6) is 3.01. The van der Waals surface area contributed by atoms with Gasteiger partial charge in [0.2, 0.25) is 0 Å². The van der Waals surface area contributed by atoms with E-state index >= 15 is 0 Å². The van der Waals surface area contributed by atoms with Crippen molar-refractivity contribution >= 4 is 0 Å². The average Bonchev–Trinajstić information content (AvgIpc) is 2.89. The van der Waals surface area contributed by atoms with Crippen LogP contribution in [0.15, 0.2) is 16.5 Å². The number of hydrogen-bond acceptors (Lipinski definition) is 3. The Morgan fingerprint density at radius 3 is 2.60 bits per heavy atom. The molecule has 1 saturated heterocycles. The van der Waals surface area contributed by atoms with Gasteiger partial charge in [-0.05, 0) is 49.3 Å². The summed E-state index contributed by atoms with van der Waals surface area (Å²) in [5, 5.41) is 3.50. The fourth-order valence-electron chi connectivity index (χ4n) is 3.04.